The lowest BCUT2D eigenvalue weighted by Gasteiger charge is -2.27. The molecule has 0 aliphatic rings. The lowest BCUT2D eigenvalue weighted by Crippen LogP contribution is -2.39. The summed E-state index contributed by atoms with van der Waals surface area (Å²) in [4.78, 5) is 39.5. The molecule has 0 bridgehead atoms. The zero-order valence-electron chi connectivity index (χ0n) is 39.7. The van der Waals surface area contributed by atoms with Gasteiger partial charge in [0.05, 0.1) is 18.8 Å². The van der Waals surface area contributed by atoms with Gasteiger partial charge in [0.15, 0.2) is 0 Å². The van der Waals surface area contributed by atoms with E-state index in [-0.39, 0.29) is 36.9 Å². The first-order valence-corrected chi connectivity index (χ1v) is 25.0. The Morgan fingerprint density at radius 3 is 1.39 bits per heavy atom. The van der Waals surface area contributed by atoms with Crippen molar-refractivity contribution in [3.05, 3.63) is 0 Å². The molecule has 0 aromatic carbocycles. The van der Waals surface area contributed by atoms with Crippen LogP contribution in [0, 0.1) is 0 Å². The molecule has 0 heterocycles. The number of carbonyl (C=O) groups is 3. The Bertz CT molecular complexity index is 953. The van der Waals surface area contributed by atoms with Gasteiger partial charge in [0, 0.05) is 32.4 Å². The van der Waals surface area contributed by atoms with E-state index in [1.807, 2.05) is 25.7 Å². The summed E-state index contributed by atoms with van der Waals surface area (Å²) in [6.07, 6.45) is 32.0. The first kappa shape index (κ1) is 57.3. The first-order chi connectivity index (χ1) is 28.4. The summed E-state index contributed by atoms with van der Waals surface area (Å²) < 4.78 is 16.9. The molecule has 0 spiro atoms. The van der Waals surface area contributed by atoms with Crippen LogP contribution in [-0.4, -0.2) is 83.2 Å². The number of aliphatic hydroxyl groups is 2. The average molecular weight is 840 g/mol. The summed E-state index contributed by atoms with van der Waals surface area (Å²) >= 11 is 0. The number of hydrogen-bond donors (Lipinski definition) is 2. The largest absolute Gasteiger partial charge is 0.466 e. The normalized spacial score (nSPS) is 12.9. The van der Waals surface area contributed by atoms with Crippen molar-refractivity contribution in [1.29, 1.82) is 0 Å². The molecular formula is C50H97NO8. The Morgan fingerprint density at radius 2 is 0.881 bits per heavy atom. The zero-order chi connectivity index (χ0) is 43.8. The van der Waals surface area contributed by atoms with Crippen LogP contribution in [0.1, 0.15) is 253 Å². The Labute approximate surface area is 364 Å². The monoisotopic (exact) mass is 840 g/mol. The molecule has 0 aliphatic carbocycles. The lowest BCUT2D eigenvalue weighted by molar-refractivity contribution is -0.155. The molecule has 2 atom stereocenters. The molecule has 0 fully saturated rings. The van der Waals surface area contributed by atoms with Crippen molar-refractivity contribution < 1.29 is 38.8 Å². The van der Waals surface area contributed by atoms with Crippen LogP contribution in [0.2, 0.25) is 0 Å². The second-order valence-corrected chi connectivity index (χ2v) is 18.5. The molecule has 0 aromatic heterocycles. The third-order valence-electron chi connectivity index (χ3n) is 11.1. The standard InChI is InChI=1S/C50H97NO8/c1-7-10-13-16-19-20-21-24-30-41-57-47(54)38-31-34-45(53)43-51(40-32-39-49(56)59-50(4,5)6)42-44(52)33-26-25-29-37-48(55)58-46(35-27-22-17-14-11-8-2)36-28-23-18-15-12-9-3/h44-46,52-53H,7-43H2,1-6H3. The minimum atomic E-state index is -0.661. The van der Waals surface area contributed by atoms with E-state index in [0.717, 1.165) is 57.8 Å². The molecule has 0 rings (SSSR count). The number of nitrogens with zero attached hydrogens (tertiary/aromatic N) is 1. The van der Waals surface area contributed by atoms with Crippen molar-refractivity contribution in [3.63, 3.8) is 0 Å². The van der Waals surface area contributed by atoms with Gasteiger partial charge in [0.2, 0.25) is 0 Å². The highest BCUT2D eigenvalue weighted by Gasteiger charge is 2.20. The van der Waals surface area contributed by atoms with E-state index >= 15 is 0 Å². The number of carbonyl (C=O) groups excluding carboxylic acids is 3. The van der Waals surface area contributed by atoms with Crippen molar-refractivity contribution in [1.82, 2.24) is 4.90 Å². The van der Waals surface area contributed by atoms with Crippen LogP contribution in [0.3, 0.4) is 0 Å². The van der Waals surface area contributed by atoms with Gasteiger partial charge in [-0.25, -0.2) is 0 Å². The van der Waals surface area contributed by atoms with Crippen LogP contribution in [0.15, 0.2) is 0 Å². The number of ether oxygens (including phenoxy) is 3. The van der Waals surface area contributed by atoms with Crippen LogP contribution in [0.5, 0.6) is 0 Å². The van der Waals surface area contributed by atoms with E-state index in [2.05, 4.69) is 20.8 Å². The highest BCUT2D eigenvalue weighted by atomic mass is 16.6. The van der Waals surface area contributed by atoms with E-state index in [9.17, 15) is 24.6 Å². The number of unbranched alkanes of at least 4 members (excludes halogenated alkanes) is 20. The van der Waals surface area contributed by atoms with Gasteiger partial charge >= 0.3 is 17.9 Å². The maximum atomic E-state index is 12.8. The molecule has 0 saturated heterocycles. The van der Waals surface area contributed by atoms with E-state index in [1.54, 1.807) is 0 Å². The SMILES string of the molecule is CCCCCCCCCCCOC(=O)CCCC(O)CN(CCCC(=O)OC(C)(C)C)CC(O)CCCCCC(=O)OC(CCCCCCCC)CCCCCCCC. The highest BCUT2D eigenvalue weighted by Crippen LogP contribution is 2.19. The molecule has 0 aliphatic heterocycles. The fourth-order valence-electron chi connectivity index (χ4n) is 7.67. The van der Waals surface area contributed by atoms with Crippen LogP contribution >= 0.6 is 0 Å². The fourth-order valence-corrected chi connectivity index (χ4v) is 7.67. The molecule has 350 valence electrons. The van der Waals surface area contributed by atoms with Crippen molar-refractivity contribution in [2.45, 2.75) is 277 Å². The smallest absolute Gasteiger partial charge is 0.306 e. The number of aliphatic hydroxyl groups excluding tert-OH is 2. The van der Waals surface area contributed by atoms with Gasteiger partial charge < -0.3 is 24.4 Å². The quantitative estimate of drug-likeness (QED) is 0.0351. The second kappa shape index (κ2) is 40.4. The molecule has 0 amide bonds. The van der Waals surface area contributed by atoms with Crippen LogP contribution in [0.4, 0.5) is 0 Å². The molecular weight excluding hydrogens is 743 g/mol. The predicted octanol–water partition coefficient (Wildman–Crippen LogP) is 12.7. The van der Waals surface area contributed by atoms with Gasteiger partial charge in [-0.1, -0.05) is 149 Å². The minimum absolute atomic E-state index is 0.0292. The summed E-state index contributed by atoms with van der Waals surface area (Å²) in [5.74, 6) is -0.560. The molecule has 2 N–H and O–H groups in total. The van der Waals surface area contributed by atoms with E-state index in [0.29, 0.717) is 58.3 Å². The Hall–Kier alpha value is -1.71. The number of hydrogen-bond acceptors (Lipinski definition) is 9. The van der Waals surface area contributed by atoms with E-state index in [1.165, 1.54) is 109 Å². The first-order valence-electron chi connectivity index (χ1n) is 25.0. The van der Waals surface area contributed by atoms with Crippen molar-refractivity contribution in [3.8, 4) is 0 Å². The summed E-state index contributed by atoms with van der Waals surface area (Å²) in [5, 5.41) is 21.9. The Morgan fingerprint density at radius 1 is 0.475 bits per heavy atom. The number of rotatable bonds is 43. The molecule has 2 unspecified atom stereocenters. The predicted molar refractivity (Wildman–Crippen MR) is 245 cm³/mol. The molecule has 9 nitrogen and oxygen atoms in total. The fraction of sp³-hybridized carbons (Fsp3) is 0.940. The summed E-state index contributed by atoms with van der Waals surface area (Å²) in [6, 6.07) is 0. The molecule has 0 aromatic rings. The molecule has 9 heteroatoms. The number of esters is 3. The third-order valence-corrected chi connectivity index (χ3v) is 11.1. The second-order valence-electron chi connectivity index (χ2n) is 18.5. The molecule has 59 heavy (non-hydrogen) atoms. The van der Waals surface area contributed by atoms with Crippen molar-refractivity contribution in [2.75, 3.05) is 26.2 Å². The molecule has 0 radical (unpaired) electrons. The van der Waals surface area contributed by atoms with Gasteiger partial charge in [-0.05, 0) is 91.5 Å². The lowest BCUT2D eigenvalue weighted by atomic mass is 10.0. The minimum Gasteiger partial charge on any atom is -0.466 e. The van der Waals surface area contributed by atoms with Crippen molar-refractivity contribution in [2.24, 2.45) is 0 Å². The summed E-state index contributed by atoms with van der Waals surface area (Å²) in [5.41, 5.74) is -0.544. The maximum absolute atomic E-state index is 12.8. The van der Waals surface area contributed by atoms with Crippen LogP contribution < -0.4 is 0 Å². The van der Waals surface area contributed by atoms with E-state index in [4.69, 9.17) is 14.2 Å². The topological polar surface area (TPSA) is 123 Å². The van der Waals surface area contributed by atoms with Crippen LogP contribution in [0.25, 0.3) is 0 Å². The highest BCUT2D eigenvalue weighted by molar-refractivity contribution is 5.70. The van der Waals surface area contributed by atoms with Gasteiger partial charge in [0.25, 0.3) is 0 Å². The van der Waals surface area contributed by atoms with Gasteiger partial charge in [-0.3, -0.25) is 19.3 Å². The summed E-state index contributed by atoms with van der Waals surface area (Å²) in [7, 11) is 0. The third kappa shape index (κ3) is 41.4. The van der Waals surface area contributed by atoms with Gasteiger partial charge in [-0.15, -0.1) is 0 Å². The van der Waals surface area contributed by atoms with Crippen LogP contribution in [-0.2, 0) is 28.6 Å². The van der Waals surface area contributed by atoms with E-state index < -0.39 is 17.8 Å². The van der Waals surface area contributed by atoms with Gasteiger partial charge in [0.1, 0.15) is 11.7 Å². The maximum Gasteiger partial charge on any atom is 0.306 e. The Balaban J connectivity index is 4.69. The summed E-state index contributed by atoms with van der Waals surface area (Å²) in [6.45, 7) is 14.0. The average Bonchev–Trinajstić information content (AvgIpc) is 3.17. The molecule has 0 saturated carbocycles. The Kier molecular flexibility index (Phi) is 39.2. The van der Waals surface area contributed by atoms with Crippen molar-refractivity contribution >= 4 is 17.9 Å². The zero-order valence-corrected chi connectivity index (χ0v) is 39.7. The van der Waals surface area contributed by atoms with Gasteiger partial charge in [-0.2, -0.15) is 0 Å².